The number of hydrogen-bond acceptors (Lipinski definition) is 3. The number of anilines is 2. The number of rotatable bonds is 3. The number of para-hydroxylation sites is 2. The van der Waals surface area contributed by atoms with Crippen LogP contribution in [0.5, 0.6) is 0 Å². The van der Waals surface area contributed by atoms with Gasteiger partial charge in [-0.15, -0.1) is 0 Å². The molecule has 0 spiro atoms. The maximum Gasteiger partial charge on any atom is 0.162 e. The summed E-state index contributed by atoms with van der Waals surface area (Å²) < 4.78 is 13.2. The molecule has 0 aliphatic carbocycles. The molecule has 3 nitrogen and oxygen atoms in total. The van der Waals surface area contributed by atoms with Crippen molar-refractivity contribution < 1.29 is 4.39 Å². The summed E-state index contributed by atoms with van der Waals surface area (Å²) in [4.78, 5) is 9.26. The minimum absolute atomic E-state index is 0.276. The van der Waals surface area contributed by atoms with Crippen molar-refractivity contribution in [1.82, 2.24) is 9.97 Å². The Morgan fingerprint density at radius 2 is 1.42 bits per heavy atom. The molecule has 4 aromatic rings. The molecule has 24 heavy (non-hydrogen) atoms. The lowest BCUT2D eigenvalue weighted by Gasteiger charge is -2.11. The Hall–Kier alpha value is -3.27. The van der Waals surface area contributed by atoms with E-state index in [0.29, 0.717) is 5.82 Å². The SMILES string of the molecule is Fc1ccc(-c2nc(Nc3ccccc3)c3ccccc3n2)cc1. The van der Waals surface area contributed by atoms with Gasteiger partial charge in [0.1, 0.15) is 11.6 Å². The molecule has 116 valence electrons. The molecule has 1 N–H and O–H groups in total. The summed E-state index contributed by atoms with van der Waals surface area (Å²) in [5, 5.41) is 4.28. The van der Waals surface area contributed by atoms with E-state index in [-0.39, 0.29) is 5.82 Å². The largest absolute Gasteiger partial charge is 0.340 e. The molecular weight excluding hydrogens is 301 g/mol. The molecular formula is C20H14FN3. The maximum atomic E-state index is 13.2. The molecule has 0 atom stereocenters. The second kappa shape index (κ2) is 6.08. The third kappa shape index (κ3) is 2.82. The molecule has 0 aliphatic heterocycles. The van der Waals surface area contributed by atoms with Gasteiger partial charge in [0.25, 0.3) is 0 Å². The minimum atomic E-state index is -0.276. The molecule has 4 rings (SSSR count). The van der Waals surface area contributed by atoms with Crippen molar-refractivity contribution in [3.8, 4) is 11.4 Å². The highest BCUT2D eigenvalue weighted by molar-refractivity contribution is 5.92. The van der Waals surface area contributed by atoms with Crippen molar-refractivity contribution in [3.63, 3.8) is 0 Å². The second-order valence-electron chi connectivity index (χ2n) is 5.41. The number of halogens is 1. The van der Waals surface area contributed by atoms with Crippen molar-refractivity contribution in [2.75, 3.05) is 5.32 Å². The number of fused-ring (bicyclic) bond motifs is 1. The fourth-order valence-electron chi connectivity index (χ4n) is 2.56. The van der Waals surface area contributed by atoms with Gasteiger partial charge in [-0.05, 0) is 48.5 Å². The van der Waals surface area contributed by atoms with E-state index in [1.807, 2.05) is 54.6 Å². The van der Waals surface area contributed by atoms with Crippen LogP contribution in [0.25, 0.3) is 22.3 Å². The van der Waals surface area contributed by atoms with Gasteiger partial charge in [-0.2, -0.15) is 0 Å². The Balaban J connectivity index is 1.86. The molecule has 0 fully saturated rings. The van der Waals surface area contributed by atoms with Crippen molar-refractivity contribution in [2.24, 2.45) is 0 Å². The number of nitrogens with one attached hydrogen (secondary N) is 1. The average molecular weight is 315 g/mol. The zero-order chi connectivity index (χ0) is 16.4. The molecule has 0 saturated heterocycles. The van der Waals surface area contributed by atoms with Crippen LogP contribution in [-0.2, 0) is 0 Å². The molecule has 0 radical (unpaired) electrons. The monoisotopic (exact) mass is 315 g/mol. The number of nitrogens with zero attached hydrogens (tertiary/aromatic N) is 2. The minimum Gasteiger partial charge on any atom is -0.340 e. The third-order valence-electron chi connectivity index (χ3n) is 3.74. The molecule has 0 amide bonds. The lowest BCUT2D eigenvalue weighted by molar-refractivity contribution is 0.628. The van der Waals surface area contributed by atoms with Gasteiger partial charge < -0.3 is 5.32 Å². The predicted molar refractivity (Wildman–Crippen MR) is 94.7 cm³/mol. The Kier molecular flexibility index (Phi) is 3.63. The Bertz CT molecular complexity index is 983. The fourth-order valence-corrected chi connectivity index (χ4v) is 2.56. The van der Waals surface area contributed by atoms with E-state index >= 15 is 0 Å². The molecule has 0 saturated carbocycles. The summed E-state index contributed by atoms with van der Waals surface area (Å²) in [6.45, 7) is 0. The van der Waals surface area contributed by atoms with Crippen molar-refractivity contribution in [3.05, 3.63) is 84.7 Å². The highest BCUT2D eigenvalue weighted by Gasteiger charge is 2.09. The van der Waals surface area contributed by atoms with Gasteiger partial charge in [0.15, 0.2) is 5.82 Å². The van der Waals surface area contributed by atoms with E-state index in [1.165, 1.54) is 12.1 Å². The van der Waals surface area contributed by atoms with Gasteiger partial charge in [0.2, 0.25) is 0 Å². The first kappa shape index (κ1) is 14.3. The van der Waals surface area contributed by atoms with Crippen molar-refractivity contribution in [2.45, 2.75) is 0 Å². The Morgan fingerprint density at radius 1 is 0.708 bits per heavy atom. The average Bonchev–Trinajstić information content (AvgIpc) is 2.63. The van der Waals surface area contributed by atoms with Gasteiger partial charge >= 0.3 is 0 Å². The molecule has 4 heteroatoms. The van der Waals surface area contributed by atoms with Gasteiger partial charge in [0.05, 0.1) is 5.52 Å². The summed E-state index contributed by atoms with van der Waals surface area (Å²) in [6, 6.07) is 23.9. The van der Waals surface area contributed by atoms with Crippen LogP contribution >= 0.6 is 0 Å². The summed E-state index contributed by atoms with van der Waals surface area (Å²) >= 11 is 0. The van der Waals surface area contributed by atoms with E-state index < -0.39 is 0 Å². The van der Waals surface area contributed by atoms with E-state index in [2.05, 4.69) is 15.3 Å². The van der Waals surface area contributed by atoms with Gasteiger partial charge in [0, 0.05) is 16.6 Å². The van der Waals surface area contributed by atoms with Crippen LogP contribution in [0.2, 0.25) is 0 Å². The van der Waals surface area contributed by atoms with Gasteiger partial charge in [-0.1, -0.05) is 30.3 Å². The Morgan fingerprint density at radius 3 is 2.21 bits per heavy atom. The van der Waals surface area contributed by atoms with Gasteiger partial charge in [-0.25, -0.2) is 14.4 Å². The van der Waals surface area contributed by atoms with Crippen LogP contribution in [-0.4, -0.2) is 9.97 Å². The molecule has 1 aromatic heterocycles. The zero-order valence-electron chi connectivity index (χ0n) is 12.8. The van der Waals surface area contributed by atoms with Crippen LogP contribution < -0.4 is 5.32 Å². The quantitative estimate of drug-likeness (QED) is 0.566. The molecule has 0 unspecified atom stereocenters. The van der Waals surface area contributed by atoms with Crippen LogP contribution in [0, 0.1) is 5.82 Å². The smallest absolute Gasteiger partial charge is 0.162 e. The predicted octanol–water partition coefficient (Wildman–Crippen LogP) is 5.18. The first-order valence-electron chi connectivity index (χ1n) is 7.64. The normalized spacial score (nSPS) is 10.7. The van der Waals surface area contributed by atoms with E-state index in [0.717, 1.165) is 28.0 Å². The summed E-state index contributed by atoms with van der Waals surface area (Å²) in [5.41, 5.74) is 2.56. The molecule has 1 heterocycles. The standard InChI is InChI=1S/C20H14FN3/c21-15-12-10-14(11-13-15)19-23-18-9-5-4-8-17(18)20(24-19)22-16-6-2-1-3-7-16/h1-13H,(H,22,23,24). The maximum absolute atomic E-state index is 13.2. The van der Waals surface area contributed by atoms with E-state index in [9.17, 15) is 4.39 Å². The summed E-state index contributed by atoms with van der Waals surface area (Å²) in [5.74, 6) is 1.01. The first-order chi connectivity index (χ1) is 11.8. The number of benzene rings is 3. The van der Waals surface area contributed by atoms with E-state index in [4.69, 9.17) is 0 Å². The molecule has 0 bridgehead atoms. The van der Waals surface area contributed by atoms with E-state index in [1.54, 1.807) is 12.1 Å². The highest BCUT2D eigenvalue weighted by Crippen LogP contribution is 2.27. The van der Waals surface area contributed by atoms with Crippen LogP contribution in [0.15, 0.2) is 78.9 Å². The summed E-state index contributed by atoms with van der Waals surface area (Å²) in [6.07, 6.45) is 0. The fraction of sp³-hybridized carbons (Fsp3) is 0. The van der Waals surface area contributed by atoms with Crippen LogP contribution in [0.4, 0.5) is 15.9 Å². The lowest BCUT2D eigenvalue weighted by atomic mass is 10.1. The van der Waals surface area contributed by atoms with Gasteiger partial charge in [-0.3, -0.25) is 0 Å². The number of aromatic nitrogens is 2. The first-order valence-corrected chi connectivity index (χ1v) is 7.64. The second-order valence-corrected chi connectivity index (χ2v) is 5.41. The topological polar surface area (TPSA) is 37.8 Å². The number of hydrogen-bond donors (Lipinski definition) is 1. The van der Waals surface area contributed by atoms with Crippen LogP contribution in [0.3, 0.4) is 0 Å². The highest BCUT2D eigenvalue weighted by atomic mass is 19.1. The molecule has 3 aromatic carbocycles. The Labute approximate surface area is 138 Å². The van der Waals surface area contributed by atoms with Crippen molar-refractivity contribution in [1.29, 1.82) is 0 Å². The van der Waals surface area contributed by atoms with Crippen LogP contribution in [0.1, 0.15) is 0 Å². The van der Waals surface area contributed by atoms with Crippen molar-refractivity contribution >= 4 is 22.4 Å². The third-order valence-corrected chi connectivity index (χ3v) is 3.74. The zero-order valence-corrected chi connectivity index (χ0v) is 12.8. The lowest BCUT2D eigenvalue weighted by Crippen LogP contribution is -1.99. The summed E-state index contributed by atoms with van der Waals surface area (Å²) in [7, 11) is 0. The molecule has 0 aliphatic rings.